The minimum atomic E-state index is -1.81. The molecule has 0 fully saturated rings. The molecule has 166 valence electrons. The van der Waals surface area contributed by atoms with Crippen molar-refractivity contribution in [2.24, 2.45) is 0 Å². The number of nitrogens with zero attached hydrogens (tertiary/aromatic N) is 1. The van der Waals surface area contributed by atoms with Crippen molar-refractivity contribution in [3.8, 4) is 11.1 Å². The van der Waals surface area contributed by atoms with Gasteiger partial charge in [-0.25, -0.2) is 0 Å². The minimum absolute atomic E-state index is 0.134. The van der Waals surface area contributed by atoms with E-state index in [0.717, 1.165) is 0 Å². The zero-order chi connectivity index (χ0) is 23.6. The molecule has 0 N–H and O–H groups in total. The summed E-state index contributed by atoms with van der Waals surface area (Å²) in [5, 5.41) is 5.73. The molecule has 35 heavy (non-hydrogen) atoms. The second-order valence-electron chi connectivity index (χ2n) is 10.2. The Bertz CT molecular complexity index is 1680. The Hall–Kier alpha value is -3.82. The number of para-hydroxylation sites is 2. The lowest BCUT2D eigenvalue weighted by Crippen LogP contribution is -2.75. The van der Waals surface area contributed by atoms with Gasteiger partial charge in [-0.15, -0.1) is 0 Å². The smallest absolute Gasteiger partial charge is 0.328 e. The van der Waals surface area contributed by atoms with E-state index in [4.69, 9.17) is 0 Å². The standard InChI is InChI=1S/C32H26BNSi/c1-35(2)30-21-10-7-18-27(30)33(28-19-8-11-22-31(28)35)34-29-20-9-6-15-25(29)26-17-12-16-24(32(26)34)23-13-4-3-5-14-23/h3-22H,1-2H3. The van der Waals surface area contributed by atoms with Gasteiger partial charge < -0.3 is 4.48 Å². The van der Waals surface area contributed by atoms with E-state index in [1.54, 1.807) is 10.4 Å². The zero-order valence-electron chi connectivity index (χ0n) is 20.1. The molecular weight excluding hydrogens is 437 g/mol. The predicted molar refractivity (Wildman–Crippen MR) is 155 cm³/mol. The second kappa shape index (κ2) is 7.59. The highest BCUT2D eigenvalue weighted by molar-refractivity contribution is 7.11. The minimum Gasteiger partial charge on any atom is -0.375 e. The molecule has 0 unspecified atom stereocenters. The van der Waals surface area contributed by atoms with Gasteiger partial charge in [0.1, 0.15) is 8.07 Å². The molecule has 0 bridgehead atoms. The van der Waals surface area contributed by atoms with Gasteiger partial charge in [-0.2, -0.15) is 0 Å². The number of hydrogen-bond acceptors (Lipinski definition) is 0. The van der Waals surface area contributed by atoms with Crippen LogP contribution < -0.4 is 21.3 Å². The zero-order valence-corrected chi connectivity index (χ0v) is 21.1. The summed E-state index contributed by atoms with van der Waals surface area (Å²) < 4.78 is 2.63. The predicted octanol–water partition coefficient (Wildman–Crippen LogP) is 5.25. The molecule has 1 aromatic heterocycles. The van der Waals surface area contributed by atoms with Gasteiger partial charge in [-0.05, 0) is 11.6 Å². The summed E-state index contributed by atoms with van der Waals surface area (Å²) in [6.45, 7) is 5.14. The van der Waals surface area contributed by atoms with Crippen LogP contribution in [0, 0.1) is 0 Å². The van der Waals surface area contributed by atoms with Crippen LogP contribution in [0.4, 0.5) is 0 Å². The van der Waals surface area contributed by atoms with Crippen molar-refractivity contribution in [1.82, 2.24) is 4.48 Å². The maximum Gasteiger partial charge on any atom is 0.328 e. The molecule has 1 aliphatic rings. The highest BCUT2D eigenvalue weighted by atomic mass is 28.3. The molecule has 0 amide bonds. The van der Waals surface area contributed by atoms with Crippen molar-refractivity contribution in [2.75, 3.05) is 0 Å². The molecule has 0 radical (unpaired) electrons. The molecular formula is C32H26BNSi. The van der Waals surface area contributed by atoms with Gasteiger partial charge in [0.05, 0.1) is 0 Å². The van der Waals surface area contributed by atoms with Crippen LogP contribution in [0.2, 0.25) is 13.1 Å². The van der Waals surface area contributed by atoms with Crippen molar-refractivity contribution in [3.63, 3.8) is 0 Å². The molecule has 2 heterocycles. The Kier molecular flexibility index (Phi) is 4.46. The van der Waals surface area contributed by atoms with Crippen molar-refractivity contribution in [1.29, 1.82) is 0 Å². The third kappa shape index (κ3) is 2.88. The van der Waals surface area contributed by atoms with Crippen molar-refractivity contribution in [3.05, 3.63) is 121 Å². The van der Waals surface area contributed by atoms with Crippen molar-refractivity contribution in [2.45, 2.75) is 13.1 Å². The Balaban J connectivity index is 1.67. The van der Waals surface area contributed by atoms with Gasteiger partial charge in [0, 0.05) is 27.4 Å². The molecule has 6 aromatic rings. The van der Waals surface area contributed by atoms with Crippen LogP contribution in [-0.4, -0.2) is 19.4 Å². The lowest BCUT2D eigenvalue weighted by Gasteiger charge is -2.37. The Labute approximate surface area is 207 Å². The average Bonchev–Trinajstić information content (AvgIpc) is 3.24. The van der Waals surface area contributed by atoms with Crippen LogP contribution in [0.1, 0.15) is 0 Å². The highest BCUT2D eigenvalue weighted by Gasteiger charge is 2.42. The summed E-state index contributed by atoms with van der Waals surface area (Å²) in [5.41, 5.74) is 8.06. The van der Waals surface area contributed by atoms with Crippen LogP contribution in [0.3, 0.4) is 0 Å². The van der Waals surface area contributed by atoms with Crippen LogP contribution in [0.15, 0.2) is 121 Å². The summed E-state index contributed by atoms with van der Waals surface area (Å²) >= 11 is 0. The SMILES string of the molecule is C[Si]1(C)c2ccccc2B(n2c3ccccc3c3cccc(-c4ccccc4)c32)c2ccccc21. The van der Waals surface area contributed by atoms with E-state index < -0.39 is 8.07 Å². The summed E-state index contributed by atoms with van der Waals surface area (Å²) in [4.78, 5) is 0. The third-order valence-corrected chi connectivity index (χ3v) is 11.5. The fourth-order valence-corrected chi connectivity index (χ4v) is 9.57. The average molecular weight is 463 g/mol. The number of benzene rings is 5. The fourth-order valence-electron chi connectivity index (χ4n) is 6.37. The summed E-state index contributed by atoms with van der Waals surface area (Å²) in [7, 11) is -1.81. The van der Waals surface area contributed by atoms with Crippen LogP contribution >= 0.6 is 0 Å². The van der Waals surface area contributed by atoms with E-state index >= 15 is 0 Å². The van der Waals surface area contributed by atoms with E-state index in [0.29, 0.717) is 0 Å². The molecule has 1 aliphatic heterocycles. The van der Waals surface area contributed by atoms with E-state index in [2.05, 4.69) is 139 Å². The van der Waals surface area contributed by atoms with Gasteiger partial charge in [-0.1, -0.05) is 150 Å². The fraction of sp³-hybridized carbons (Fsp3) is 0.0625. The van der Waals surface area contributed by atoms with E-state index in [9.17, 15) is 0 Å². The molecule has 0 saturated heterocycles. The van der Waals surface area contributed by atoms with Crippen LogP contribution in [0.5, 0.6) is 0 Å². The van der Waals surface area contributed by atoms with Gasteiger partial charge in [0.2, 0.25) is 0 Å². The lowest BCUT2D eigenvalue weighted by atomic mass is 9.49. The van der Waals surface area contributed by atoms with Crippen molar-refractivity contribution < 1.29 is 0 Å². The number of aromatic nitrogens is 1. The van der Waals surface area contributed by atoms with E-state index in [1.165, 1.54) is 43.9 Å². The number of fused-ring (bicyclic) bond motifs is 5. The molecule has 7 rings (SSSR count). The molecule has 0 aliphatic carbocycles. The molecule has 5 aromatic carbocycles. The molecule has 3 heteroatoms. The Morgan fingerprint density at radius 2 is 1.11 bits per heavy atom. The first kappa shape index (κ1) is 20.5. The lowest BCUT2D eigenvalue weighted by molar-refractivity contribution is 1.34. The van der Waals surface area contributed by atoms with Gasteiger partial charge in [-0.3, -0.25) is 0 Å². The number of hydrogen-bond donors (Lipinski definition) is 0. The van der Waals surface area contributed by atoms with E-state index in [-0.39, 0.29) is 6.85 Å². The summed E-state index contributed by atoms with van der Waals surface area (Å²) in [5.74, 6) is 0. The van der Waals surface area contributed by atoms with Gasteiger partial charge in [0.15, 0.2) is 0 Å². The van der Waals surface area contributed by atoms with Gasteiger partial charge in [0.25, 0.3) is 0 Å². The molecule has 0 atom stereocenters. The second-order valence-corrected chi connectivity index (χ2v) is 14.5. The normalized spacial score (nSPS) is 14.2. The van der Waals surface area contributed by atoms with E-state index in [1.807, 2.05) is 0 Å². The summed E-state index contributed by atoms with van der Waals surface area (Å²) in [6, 6.07) is 44.9. The van der Waals surface area contributed by atoms with Crippen LogP contribution in [0.25, 0.3) is 32.9 Å². The topological polar surface area (TPSA) is 4.93 Å². The monoisotopic (exact) mass is 463 g/mol. The highest BCUT2D eigenvalue weighted by Crippen LogP contribution is 2.36. The maximum atomic E-state index is 2.63. The first-order chi connectivity index (χ1) is 17.2. The first-order valence-electron chi connectivity index (χ1n) is 12.4. The maximum absolute atomic E-state index is 2.63. The molecule has 1 nitrogen and oxygen atoms in total. The molecule has 0 saturated carbocycles. The number of rotatable bonds is 2. The third-order valence-electron chi connectivity index (χ3n) is 7.93. The Morgan fingerprint density at radius 3 is 1.83 bits per heavy atom. The quantitative estimate of drug-likeness (QED) is 0.309. The largest absolute Gasteiger partial charge is 0.375 e. The summed E-state index contributed by atoms with van der Waals surface area (Å²) in [6.07, 6.45) is 0. The molecule has 0 spiro atoms. The Morgan fingerprint density at radius 1 is 0.543 bits per heavy atom. The first-order valence-corrected chi connectivity index (χ1v) is 15.4. The van der Waals surface area contributed by atoms with Gasteiger partial charge >= 0.3 is 6.85 Å². The van der Waals surface area contributed by atoms with Crippen molar-refractivity contribution >= 4 is 58.0 Å². The van der Waals surface area contributed by atoms with Crippen LogP contribution in [-0.2, 0) is 0 Å².